The van der Waals surface area contributed by atoms with Gasteiger partial charge in [-0.2, -0.15) is 11.3 Å². The second kappa shape index (κ2) is 6.86. The first-order valence-electron chi connectivity index (χ1n) is 8.14. The molecule has 130 valence electrons. The highest BCUT2D eigenvalue weighted by Gasteiger charge is 2.58. The summed E-state index contributed by atoms with van der Waals surface area (Å²) in [4.78, 5) is 15.0. The standard InChI is InChI=1S/C17H21N3O2S.ClH/c1-12-8-14(22-19-12)16(21)20(10-13-2-7-23-11-13)15-9-17(15)3-5-18-6-4-17;/h2,7-8,11,15,18H,3-6,9-10H2,1H3;1H. The van der Waals surface area contributed by atoms with Gasteiger partial charge in [0.05, 0.1) is 5.69 Å². The molecule has 0 radical (unpaired) electrons. The van der Waals surface area contributed by atoms with E-state index in [-0.39, 0.29) is 18.3 Å². The van der Waals surface area contributed by atoms with Crippen LogP contribution in [0.15, 0.2) is 27.4 Å². The molecule has 1 amide bonds. The molecule has 7 heteroatoms. The van der Waals surface area contributed by atoms with Crippen LogP contribution in [0.1, 0.15) is 41.1 Å². The highest BCUT2D eigenvalue weighted by Crippen LogP contribution is 2.56. The van der Waals surface area contributed by atoms with Gasteiger partial charge in [-0.15, -0.1) is 12.4 Å². The van der Waals surface area contributed by atoms with Crippen molar-refractivity contribution < 1.29 is 9.32 Å². The molecule has 3 heterocycles. The van der Waals surface area contributed by atoms with E-state index in [0.29, 0.717) is 23.8 Å². The van der Waals surface area contributed by atoms with E-state index >= 15 is 0 Å². The molecule has 2 aliphatic rings. The minimum atomic E-state index is -0.0304. The molecular weight excluding hydrogens is 346 g/mol. The lowest BCUT2D eigenvalue weighted by atomic mass is 9.93. The molecule has 0 bridgehead atoms. The molecule has 0 aromatic carbocycles. The predicted octanol–water partition coefficient (Wildman–Crippen LogP) is 3.25. The first-order chi connectivity index (χ1) is 11.2. The Morgan fingerprint density at radius 3 is 2.92 bits per heavy atom. The van der Waals surface area contributed by atoms with E-state index in [1.165, 1.54) is 5.56 Å². The van der Waals surface area contributed by atoms with E-state index < -0.39 is 0 Å². The number of hydrogen-bond acceptors (Lipinski definition) is 5. The zero-order valence-electron chi connectivity index (χ0n) is 13.7. The average molecular weight is 368 g/mol. The zero-order chi connectivity index (χ0) is 15.9. The van der Waals surface area contributed by atoms with Gasteiger partial charge in [-0.3, -0.25) is 4.79 Å². The molecular formula is C17H22ClN3O2S. The topological polar surface area (TPSA) is 58.4 Å². The van der Waals surface area contributed by atoms with Gasteiger partial charge in [0.1, 0.15) is 0 Å². The Balaban J connectivity index is 0.00000169. The molecule has 1 atom stereocenters. The van der Waals surface area contributed by atoms with Gasteiger partial charge in [-0.25, -0.2) is 0 Å². The molecule has 1 aliphatic carbocycles. The molecule has 24 heavy (non-hydrogen) atoms. The second-order valence-electron chi connectivity index (χ2n) is 6.73. The number of carbonyl (C=O) groups is 1. The van der Waals surface area contributed by atoms with Crippen LogP contribution in [0.3, 0.4) is 0 Å². The number of piperidine rings is 1. The Hall–Kier alpha value is -1.37. The Morgan fingerprint density at radius 1 is 1.50 bits per heavy atom. The Morgan fingerprint density at radius 2 is 2.29 bits per heavy atom. The van der Waals surface area contributed by atoms with Crippen molar-refractivity contribution in [1.29, 1.82) is 0 Å². The minimum absolute atomic E-state index is 0. The maximum absolute atomic E-state index is 13.0. The molecule has 4 rings (SSSR count). The Bertz CT molecular complexity index is 695. The summed E-state index contributed by atoms with van der Waals surface area (Å²) >= 11 is 1.67. The van der Waals surface area contributed by atoms with Crippen LogP contribution in [0, 0.1) is 12.3 Å². The first kappa shape index (κ1) is 17.5. The highest BCUT2D eigenvalue weighted by atomic mass is 35.5. The summed E-state index contributed by atoms with van der Waals surface area (Å²) in [6.45, 7) is 4.60. The smallest absolute Gasteiger partial charge is 0.293 e. The van der Waals surface area contributed by atoms with Crippen molar-refractivity contribution in [3.8, 4) is 0 Å². The zero-order valence-corrected chi connectivity index (χ0v) is 15.3. The average Bonchev–Trinajstić information content (AvgIpc) is 2.97. The largest absolute Gasteiger partial charge is 0.351 e. The fourth-order valence-electron chi connectivity index (χ4n) is 3.74. The number of aromatic nitrogens is 1. The number of nitrogens with one attached hydrogen (secondary N) is 1. The van der Waals surface area contributed by atoms with Gasteiger partial charge in [0.2, 0.25) is 5.76 Å². The number of nitrogens with zero attached hydrogens (tertiary/aromatic N) is 2. The summed E-state index contributed by atoms with van der Waals surface area (Å²) in [5, 5.41) is 11.5. The van der Waals surface area contributed by atoms with Crippen LogP contribution in [0.2, 0.25) is 0 Å². The first-order valence-corrected chi connectivity index (χ1v) is 9.08. The quantitative estimate of drug-likeness (QED) is 0.901. The molecule has 1 aliphatic heterocycles. The normalized spacial score (nSPS) is 21.3. The van der Waals surface area contributed by atoms with Gasteiger partial charge in [0.25, 0.3) is 5.91 Å². The third-order valence-corrected chi connectivity index (χ3v) is 5.89. The lowest BCUT2D eigenvalue weighted by molar-refractivity contribution is 0.0650. The molecule has 1 unspecified atom stereocenters. The fourth-order valence-corrected chi connectivity index (χ4v) is 4.40. The van der Waals surface area contributed by atoms with Crippen molar-refractivity contribution in [2.24, 2.45) is 5.41 Å². The number of thiophene rings is 1. The van der Waals surface area contributed by atoms with Crippen molar-refractivity contribution >= 4 is 29.7 Å². The Labute approximate surface area is 151 Å². The van der Waals surface area contributed by atoms with E-state index in [2.05, 4.69) is 27.3 Å². The summed E-state index contributed by atoms with van der Waals surface area (Å²) in [5.41, 5.74) is 2.25. The molecule has 1 spiro atoms. The van der Waals surface area contributed by atoms with Crippen molar-refractivity contribution in [3.05, 3.63) is 39.9 Å². The van der Waals surface area contributed by atoms with Crippen LogP contribution in [-0.2, 0) is 6.54 Å². The molecule has 5 nitrogen and oxygen atoms in total. The third kappa shape index (κ3) is 3.23. The van der Waals surface area contributed by atoms with Gasteiger partial charge in [0, 0.05) is 18.7 Å². The minimum Gasteiger partial charge on any atom is -0.351 e. The van der Waals surface area contributed by atoms with Crippen LogP contribution >= 0.6 is 23.7 Å². The van der Waals surface area contributed by atoms with Crippen molar-refractivity contribution in [2.45, 2.75) is 38.8 Å². The van der Waals surface area contributed by atoms with Crippen LogP contribution in [-0.4, -0.2) is 35.1 Å². The summed E-state index contributed by atoms with van der Waals surface area (Å²) in [6.07, 6.45) is 3.42. The number of halogens is 1. The lowest BCUT2D eigenvalue weighted by Gasteiger charge is -2.29. The van der Waals surface area contributed by atoms with E-state index in [9.17, 15) is 4.79 Å². The number of amides is 1. The summed E-state index contributed by atoms with van der Waals surface area (Å²) in [5.74, 6) is 0.325. The predicted molar refractivity (Wildman–Crippen MR) is 95.6 cm³/mol. The number of rotatable bonds is 4. The third-order valence-electron chi connectivity index (χ3n) is 5.15. The number of carbonyl (C=O) groups excluding carboxylic acids is 1. The fraction of sp³-hybridized carbons (Fsp3) is 0.529. The van der Waals surface area contributed by atoms with E-state index in [1.54, 1.807) is 17.4 Å². The Kier molecular flexibility index (Phi) is 4.99. The van der Waals surface area contributed by atoms with Gasteiger partial charge in [-0.05, 0) is 67.1 Å². The maximum atomic E-state index is 13.0. The summed E-state index contributed by atoms with van der Waals surface area (Å²) in [7, 11) is 0. The summed E-state index contributed by atoms with van der Waals surface area (Å²) < 4.78 is 5.23. The maximum Gasteiger partial charge on any atom is 0.293 e. The SMILES string of the molecule is Cc1cc(C(=O)N(Cc2ccsc2)C2CC23CCNCC3)on1.Cl. The lowest BCUT2D eigenvalue weighted by Crippen LogP contribution is -2.39. The molecule has 1 saturated carbocycles. The molecule has 1 saturated heterocycles. The van der Waals surface area contributed by atoms with Gasteiger partial charge in [-0.1, -0.05) is 5.16 Å². The van der Waals surface area contributed by atoms with E-state index in [1.807, 2.05) is 11.8 Å². The van der Waals surface area contributed by atoms with Crippen LogP contribution in [0.4, 0.5) is 0 Å². The molecule has 2 aromatic heterocycles. The molecule has 2 aromatic rings. The van der Waals surface area contributed by atoms with Crippen LogP contribution in [0.25, 0.3) is 0 Å². The van der Waals surface area contributed by atoms with Crippen molar-refractivity contribution in [1.82, 2.24) is 15.4 Å². The van der Waals surface area contributed by atoms with Crippen molar-refractivity contribution in [2.75, 3.05) is 13.1 Å². The second-order valence-corrected chi connectivity index (χ2v) is 7.51. The van der Waals surface area contributed by atoms with E-state index in [4.69, 9.17) is 4.52 Å². The van der Waals surface area contributed by atoms with Gasteiger partial charge in [0.15, 0.2) is 0 Å². The summed E-state index contributed by atoms with van der Waals surface area (Å²) in [6, 6.07) is 4.15. The van der Waals surface area contributed by atoms with Gasteiger partial charge >= 0.3 is 0 Å². The van der Waals surface area contributed by atoms with Crippen LogP contribution < -0.4 is 5.32 Å². The van der Waals surface area contributed by atoms with E-state index in [0.717, 1.165) is 38.0 Å². The number of aryl methyl sites for hydroxylation is 1. The monoisotopic (exact) mass is 367 g/mol. The van der Waals surface area contributed by atoms with Gasteiger partial charge < -0.3 is 14.7 Å². The van der Waals surface area contributed by atoms with Crippen LogP contribution in [0.5, 0.6) is 0 Å². The van der Waals surface area contributed by atoms with Crippen molar-refractivity contribution in [3.63, 3.8) is 0 Å². The molecule has 2 fully saturated rings. The molecule has 1 N–H and O–H groups in total. The highest BCUT2D eigenvalue weighted by molar-refractivity contribution is 7.07. The number of hydrogen-bond donors (Lipinski definition) is 1.